The van der Waals surface area contributed by atoms with Crippen molar-refractivity contribution in [3.8, 4) is 5.75 Å². The molecule has 2 rings (SSSR count). The first kappa shape index (κ1) is 8.99. The van der Waals surface area contributed by atoms with E-state index in [1.54, 1.807) is 0 Å². The molecule has 0 saturated carbocycles. The average molecular weight is 192 g/mol. The number of anilines is 1. The van der Waals surface area contributed by atoms with Gasteiger partial charge in [-0.1, -0.05) is 11.2 Å². The Labute approximate surface area is 82.5 Å². The number of hydrogen-bond donors (Lipinski definition) is 0. The van der Waals surface area contributed by atoms with E-state index in [1.807, 2.05) is 25.2 Å². The molecule has 1 aliphatic rings. The highest BCUT2D eigenvalue weighted by Gasteiger charge is 2.14. The summed E-state index contributed by atoms with van der Waals surface area (Å²) >= 11 is 0. The fourth-order valence-electron chi connectivity index (χ4n) is 1.58. The summed E-state index contributed by atoms with van der Waals surface area (Å²) in [6, 6.07) is 5.76. The van der Waals surface area contributed by atoms with E-state index in [0.29, 0.717) is 6.61 Å². The van der Waals surface area contributed by atoms with Gasteiger partial charge in [0.15, 0.2) is 0 Å². The van der Waals surface area contributed by atoms with E-state index in [0.717, 1.165) is 23.5 Å². The van der Waals surface area contributed by atoms with Gasteiger partial charge in [-0.25, -0.2) is 0 Å². The van der Waals surface area contributed by atoms with Gasteiger partial charge < -0.3 is 9.64 Å². The molecule has 14 heavy (non-hydrogen) atoms. The first-order valence-corrected chi connectivity index (χ1v) is 4.57. The van der Waals surface area contributed by atoms with Gasteiger partial charge in [0.05, 0.1) is 12.2 Å². The minimum atomic E-state index is 0.209. The summed E-state index contributed by atoms with van der Waals surface area (Å²) in [7, 11) is 2.03. The average Bonchev–Trinajstić information content (AvgIpc) is 2.18. The van der Waals surface area contributed by atoms with Gasteiger partial charge in [0.2, 0.25) is 0 Å². The molecule has 1 heterocycles. The number of ether oxygens (including phenoxy) is 1. The molecular weight excluding hydrogens is 180 g/mol. The molecule has 0 fully saturated rings. The Balaban J connectivity index is 2.33. The van der Waals surface area contributed by atoms with Crippen molar-refractivity contribution >= 4 is 5.69 Å². The second-order valence-electron chi connectivity index (χ2n) is 3.36. The first-order valence-electron chi connectivity index (χ1n) is 4.57. The predicted molar refractivity (Wildman–Crippen MR) is 54.7 cm³/mol. The highest BCUT2D eigenvalue weighted by atomic mass is 16.5. The summed E-state index contributed by atoms with van der Waals surface area (Å²) in [6.07, 6.45) is 0. The van der Waals surface area contributed by atoms with Crippen molar-refractivity contribution in [3.63, 3.8) is 0 Å². The molecule has 0 amide bonds. The van der Waals surface area contributed by atoms with Gasteiger partial charge in [0.25, 0.3) is 0 Å². The largest absolute Gasteiger partial charge is 0.490 e. The number of rotatable bonds is 2. The summed E-state index contributed by atoms with van der Waals surface area (Å²) in [5, 5.41) is 2.85. The lowest BCUT2D eigenvalue weighted by Gasteiger charge is -2.27. The topological polar surface area (TPSA) is 41.9 Å². The molecule has 0 radical (unpaired) electrons. The van der Waals surface area contributed by atoms with Crippen molar-refractivity contribution in [1.82, 2.24) is 0 Å². The fourth-order valence-corrected chi connectivity index (χ4v) is 1.58. The summed E-state index contributed by atoms with van der Waals surface area (Å²) in [6.45, 7) is 1.81. The van der Waals surface area contributed by atoms with E-state index in [4.69, 9.17) is 4.74 Å². The van der Waals surface area contributed by atoms with Crippen LogP contribution in [0.4, 0.5) is 5.69 Å². The molecule has 0 saturated heterocycles. The van der Waals surface area contributed by atoms with Gasteiger partial charge >= 0.3 is 0 Å². The molecule has 0 bridgehead atoms. The normalized spacial score (nSPS) is 14.5. The second kappa shape index (κ2) is 3.65. The van der Waals surface area contributed by atoms with Gasteiger partial charge in [0, 0.05) is 7.05 Å². The van der Waals surface area contributed by atoms with E-state index in [2.05, 4.69) is 10.1 Å². The molecule has 1 aromatic rings. The molecule has 4 heteroatoms. The Morgan fingerprint density at radius 3 is 3.21 bits per heavy atom. The van der Waals surface area contributed by atoms with Gasteiger partial charge in [-0.05, 0) is 17.7 Å². The van der Waals surface area contributed by atoms with Crippen LogP contribution >= 0.6 is 0 Å². The van der Waals surface area contributed by atoms with Gasteiger partial charge in [-0.3, -0.25) is 0 Å². The Morgan fingerprint density at radius 1 is 1.57 bits per heavy atom. The van der Waals surface area contributed by atoms with Crippen LogP contribution in [0.3, 0.4) is 0 Å². The molecule has 4 nitrogen and oxygen atoms in total. The third kappa shape index (κ3) is 1.55. The van der Waals surface area contributed by atoms with Crippen molar-refractivity contribution in [2.24, 2.45) is 5.18 Å². The molecule has 0 spiro atoms. The van der Waals surface area contributed by atoms with Crippen LogP contribution in [0.1, 0.15) is 5.56 Å². The summed E-state index contributed by atoms with van der Waals surface area (Å²) < 4.78 is 5.50. The number of nitrogens with zero attached hydrogens (tertiary/aromatic N) is 2. The van der Waals surface area contributed by atoms with E-state index in [9.17, 15) is 4.91 Å². The van der Waals surface area contributed by atoms with Crippen LogP contribution in [0, 0.1) is 4.91 Å². The van der Waals surface area contributed by atoms with Crippen molar-refractivity contribution in [2.75, 3.05) is 25.1 Å². The van der Waals surface area contributed by atoms with Crippen molar-refractivity contribution in [2.45, 2.75) is 6.54 Å². The number of hydrogen-bond acceptors (Lipinski definition) is 4. The zero-order valence-electron chi connectivity index (χ0n) is 8.06. The molecule has 74 valence electrons. The van der Waals surface area contributed by atoms with Crippen LogP contribution in [-0.2, 0) is 6.54 Å². The van der Waals surface area contributed by atoms with E-state index in [-0.39, 0.29) is 6.54 Å². The molecule has 0 aromatic heterocycles. The maximum atomic E-state index is 10.1. The SMILES string of the molecule is CN1CCOc2cc(CN=O)ccc21. The Hall–Kier alpha value is -1.58. The Bertz CT molecular complexity index is 352. The maximum Gasteiger partial charge on any atom is 0.143 e. The molecule has 0 unspecified atom stereocenters. The monoisotopic (exact) mass is 192 g/mol. The van der Waals surface area contributed by atoms with Crippen LogP contribution in [0.25, 0.3) is 0 Å². The Morgan fingerprint density at radius 2 is 2.43 bits per heavy atom. The number of nitroso groups, excluding NO2 is 1. The molecule has 0 N–H and O–H groups in total. The first-order chi connectivity index (χ1) is 6.81. The van der Waals surface area contributed by atoms with Crippen LogP contribution < -0.4 is 9.64 Å². The van der Waals surface area contributed by atoms with Gasteiger partial charge in [-0.15, -0.1) is 0 Å². The summed E-state index contributed by atoms with van der Waals surface area (Å²) in [4.78, 5) is 12.2. The van der Waals surface area contributed by atoms with E-state index < -0.39 is 0 Å². The van der Waals surface area contributed by atoms with Crippen LogP contribution in [-0.4, -0.2) is 20.2 Å². The van der Waals surface area contributed by atoms with Gasteiger partial charge in [-0.2, -0.15) is 4.91 Å². The molecule has 0 atom stereocenters. The Kier molecular flexibility index (Phi) is 2.35. The van der Waals surface area contributed by atoms with Crippen molar-refractivity contribution < 1.29 is 4.74 Å². The van der Waals surface area contributed by atoms with Gasteiger partial charge in [0.1, 0.15) is 18.9 Å². The lowest BCUT2D eigenvalue weighted by Crippen LogP contribution is -2.28. The zero-order valence-corrected chi connectivity index (χ0v) is 8.06. The van der Waals surface area contributed by atoms with Crippen molar-refractivity contribution in [3.05, 3.63) is 28.7 Å². The van der Waals surface area contributed by atoms with E-state index in [1.165, 1.54) is 0 Å². The standard InChI is InChI=1S/C10H12N2O2/c1-12-4-5-14-10-6-8(7-11-13)2-3-9(10)12/h2-3,6H,4-5,7H2,1H3. The molecule has 1 aliphatic heterocycles. The molecular formula is C10H12N2O2. The quantitative estimate of drug-likeness (QED) is 0.671. The summed E-state index contributed by atoms with van der Waals surface area (Å²) in [5.41, 5.74) is 1.97. The van der Waals surface area contributed by atoms with Crippen LogP contribution in [0.5, 0.6) is 5.75 Å². The third-order valence-corrected chi connectivity index (χ3v) is 2.37. The lowest BCUT2D eigenvalue weighted by atomic mass is 10.1. The lowest BCUT2D eigenvalue weighted by molar-refractivity contribution is 0.311. The number of likely N-dealkylation sites (N-methyl/N-ethyl adjacent to an activating group) is 1. The van der Waals surface area contributed by atoms with E-state index >= 15 is 0 Å². The minimum Gasteiger partial charge on any atom is -0.490 e. The molecule has 1 aromatic carbocycles. The highest BCUT2D eigenvalue weighted by Crippen LogP contribution is 2.31. The second-order valence-corrected chi connectivity index (χ2v) is 3.36. The number of fused-ring (bicyclic) bond motifs is 1. The smallest absolute Gasteiger partial charge is 0.143 e. The van der Waals surface area contributed by atoms with Crippen molar-refractivity contribution in [1.29, 1.82) is 0 Å². The summed E-state index contributed by atoms with van der Waals surface area (Å²) in [5.74, 6) is 0.847. The molecule has 0 aliphatic carbocycles. The maximum absolute atomic E-state index is 10.1. The zero-order chi connectivity index (χ0) is 9.97. The predicted octanol–water partition coefficient (Wildman–Crippen LogP) is 1.78. The fraction of sp³-hybridized carbons (Fsp3) is 0.400. The minimum absolute atomic E-state index is 0.209. The highest BCUT2D eigenvalue weighted by molar-refractivity contribution is 5.60. The van der Waals surface area contributed by atoms with Crippen LogP contribution in [0.15, 0.2) is 23.4 Å². The van der Waals surface area contributed by atoms with Crippen LogP contribution in [0.2, 0.25) is 0 Å². The number of benzene rings is 1. The third-order valence-electron chi connectivity index (χ3n) is 2.37.